The van der Waals surface area contributed by atoms with E-state index >= 15 is 0 Å². The Hall–Kier alpha value is -3.15. The summed E-state index contributed by atoms with van der Waals surface area (Å²) in [4.78, 5) is 19.5. The summed E-state index contributed by atoms with van der Waals surface area (Å²) in [5, 5.41) is 0. The van der Waals surface area contributed by atoms with Crippen molar-refractivity contribution < 1.29 is 18.0 Å². The van der Waals surface area contributed by atoms with E-state index in [0.29, 0.717) is 19.4 Å². The lowest BCUT2D eigenvalue weighted by molar-refractivity contribution is -0.137. The zero-order chi connectivity index (χ0) is 21.8. The normalized spacial score (nSPS) is 16.5. The van der Waals surface area contributed by atoms with Crippen LogP contribution in [-0.4, -0.2) is 22.3 Å². The second kappa shape index (κ2) is 8.92. The molecule has 1 unspecified atom stereocenters. The zero-order valence-electron chi connectivity index (χ0n) is 17.0. The summed E-state index contributed by atoms with van der Waals surface area (Å²) in [5.41, 5.74) is 2.71. The number of nitrogens with zero attached hydrogens (tertiary/aromatic N) is 2. The molecule has 0 N–H and O–H groups in total. The van der Waals surface area contributed by atoms with Gasteiger partial charge in [-0.25, -0.2) is 0 Å². The lowest BCUT2D eigenvalue weighted by atomic mass is 10.0. The minimum absolute atomic E-state index is 0.0660. The maximum absolute atomic E-state index is 12.9. The predicted molar refractivity (Wildman–Crippen MR) is 112 cm³/mol. The highest BCUT2D eigenvalue weighted by Crippen LogP contribution is 2.32. The van der Waals surface area contributed by atoms with Crippen LogP contribution in [0.15, 0.2) is 72.8 Å². The third-order valence-electron chi connectivity index (χ3n) is 5.61. The molecule has 0 spiro atoms. The van der Waals surface area contributed by atoms with Crippen molar-refractivity contribution in [3.05, 3.63) is 101 Å². The Morgan fingerprint density at radius 2 is 1.68 bits per heavy atom. The van der Waals surface area contributed by atoms with E-state index in [1.165, 1.54) is 12.1 Å². The van der Waals surface area contributed by atoms with Crippen molar-refractivity contribution in [1.82, 2.24) is 9.88 Å². The molecule has 1 aromatic heterocycles. The van der Waals surface area contributed by atoms with Gasteiger partial charge in [-0.05, 0) is 48.2 Å². The molecular weight excluding hydrogens is 401 g/mol. The van der Waals surface area contributed by atoms with Crippen LogP contribution in [0, 0.1) is 0 Å². The summed E-state index contributed by atoms with van der Waals surface area (Å²) < 4.78 is 38.3. The van der Waals surface area contributed by atoms with Crippen molar-refractivity contribution in [1.29, 1.82) is 0 Å². The van der Waals surface area contributed by atoms with Crippen LogP contribution in [0.1, 0.15) is 47.0 Å². The molecule has 0 bridgehead atoms. The fraction of sp³-hybridized carbons (Fsp3) is 0.280. The second-order valence-electron chi connectivity index (χ2n) is 7.83. The number of benzene rings is 2. The van der Waals surface area contributed by atoms with Crippen molar-refractivity contribution in [2.45, 2.75) is 37.9 Å². The van der Waals surface area contributed by atoms with E-state index < -0.39 is 11.7 Å². The van der Waals surface area contributed by atoms with E-state index in [9.17, 15) is 18.0 Å². The first kappa shape index (κ1) is 21.1. The molecule has 160 valence electrons. The number of aromatic nitrogens is 1. The summed E-state index contributed by atoms with van der Waals surface area (Å²) in [6.07, 6.45) is -1.75. The van der Waals surface area contributed by atoms with E-state index in [2.05, 4.69) is 0 Å². The first-order chi connectivity index (χ1) is 14.9. The number of alkyl halides is 3. The fourth-order valence-electron chi connectivity index (χ4n) is 4.05. The first-order valence-corrected chi connectivity index (χ1v) is 10.4. The van der Waals surface area contributed by atoms with E-state index in [-0.39, 0.29) is 11.9 Å². The molecule has 2 heterocycles. The van der Waals surface area contributed by atoms with Gasteiger partial charge in [0.15, 0.2) is 0 Å². The van der Waals surface area contributed by atoms with Crippen molar-refractivity contribution in [2.24, 2.45) is 0 Å². The Morgan fingerprint density at radius 3 is 2.39 bits per heavy atom. The molecule has 1 saturated heterocycles. The van der Waals surface area contributed by atoms with Crippen LogP contribution in [0.2, 0.25) is 0 Å². The molecule has 3 aromatic rings. The Balaban J connectivity index is 1.47. The molecule has 2 aromatic carbocycles. The van der Waals surface area contributed by atoms with Gasteiger partial charge in [-0.3, -0.25) is 9.78 Å². The Bertz CT molecular complexity index is 1030. The van der Waals surface area contributed by atoms with Crippen LogP contribution >= 0.6 is 0 Å². The van der Waals surface area contributed by atoms with E-state index in [1.807, 2.05) is 53.4 Å². The SMILES string of the molecule is O=C(Cc1ccccc1)N1CCCC1c1cccc(Cc2ccc(C(F)(F)F)cc2)n1. The van der Waals surface area contributed by atoms with E-state index in [4.69, 9.17) is 4.98 Å². The molecule has 3 nitrogen and oxygen atoms in total. The summed E-state index contributed by atoms with van der Waals surface area (Å²) in [6.45, 7) is 0.709. The van der Waals surface area contributed by atoms with Crippen molar-refractivity contribution in [3.8, 4) is 0 Å². The Labute approximate surface area is 179 Å². The highest BCUT2D eigenvalue weighted by Gasteiger charge is 2.31. The minimum atomic E-state index is -4.34. The molecule has 1 aliphatic heterocycles. The lowest BCUT2D eigenvalue weighted by Gasteiger charge is -2.25. The van der Waals surface area contributed by atoms with Crippen LogP contribution in [0.5, 0.6) is 0 Å². The third-order valence-corrected chi connectivity index (χ3v) is 5.61. The van der Waals surface area contributed by atoms with Gasteiger partial charge in [0, 0.05) is 18.7 Å². The molecular formula is C25H23F3N2O. The van der Waals surface area contributed by atoms with Gasteiger partial charge in [-0.1, -0.05) is 48.5 Å². The maximum atomic E-state index is 12.9. The molecule has 0 aliphatic carbocycles. The largest absolute Gasteiger partial charge is 0.416 e. The second-order valence-corrected chi connectivity index (χ2v) is 7.83. The summed E-state index contributed by atoms with van der Waals surface area (Å²) in [7, 11) is 0. The molecule has 0 saturated carbocycles. The molecule has 6 heteroatoms. The minimum Gasteiger partial charge on any atom is -0.334 e. The number of halogens is 3. The van der Waals surface area contributed by atoms with Gasteiger partial charge < -0.3 is 4.90 Å². The van der Waals surface area contributed by atoms with Gasteiger partial charge in [0.2, 0.25) is 5.91 Å². The average Bonchev–Trinajstić information content (AvgIpc) is 3.25. The Kier molecular flexibility index (Phi) is 6.07. The van der Waals surface area contributed by atoms with Gasteiger partial charge in [-0.15, -0.1) is 0 Å². The van der Waals surface area contributed by atoms with Crippen LogP contribution in [-0.2, 0) is 23.8 Å². The smallest absolute Gasteiger partial charge is 0.334 e. The van der Waals surface area contributed by atoms with Gasteiger partial charge in [0.25, 0.3) is 0 Å². The zero-order valence-corrected chi connectivity index (χ0v) is 17.0. The molecule has 31 heavy (non-hydrogen) atoms. The number of likely N-dealkylation sites (tertiary alicyclic amines) is 1. The highest BCUT2D eigenvalue weighted by atomic mass is 19.4. The molecule has 4 rings (SSSR count). The summed E-state index contributed by atoms with van der Waals surface area (Å²) in [5.74, 6) is 0.0867. The molecule has 1 atom stereocenters. The topological polar surface area (TPSA) is 33.2 Å². The highest BCUT2D eigenvalue weighted by molar-refractivity contribution is 5.79. The molecule has 1 aliphatic rings. The van der Waals surface area contributed by atoms with Gasteiger partial charge >= 0.3 is 6.18 Å². The van der Waals surface area contributed by atoms with Crippen molar-refractivity contribution >= 4 is 5.91 Å². The van der Waals surface area contributed by atoms with Gasteiger partial charge in [0.05, 0.1) is 23.7 Å². The number of amides is 1. The summed E-state index contributed by atoms with van der Waals surface area (Å²) >= 11 is 0. The monoisotopic (exact) mass is 424 g/mol. The third kappa shape index (κ3) is 5.13. The van der Waals surface area contributed by atoms with Crippen LogP contribution in [0.4, 0.5) is 13.2 Å². The van der Waals surface area contributed by atoms with Crippen LogP contribution < -0.4 is 0 Å². The van der Waals surface area contributed by atoms with Crippen LogP contribution in [0.25, 0.3) is 0 Å². The average molecular weight is 424 g/mol. The number of carbonyl (C=O) groups excluding carboxylic acids is 1. The quantitative estimate of drug-likeness (QED) is 0.534. The lowest BCUT2D eigenvalue weighted by Crippen LogP contribution is -2.32. The number of hydrogen-bond acceptors (Lipinski definition) is 2. The molecule has 1 fully saturated rings. The number of rotatable bonds is 5. The van der Waals surface area contributed by atoms with E-state index in [0.717, 1.165) is 47.5 Å². The predicted octanol–water partition coefficient (Wildman–Crippen LogP) is 5.60. The summed E-state index contributed by atoms with van der Waals surface area (Å²) in [6, 6.07) is 20.5. The van der Waals surface area contributed by atoms with E-state index in [1.54, 1.807) is 0 Å². The van der Waals surface area contributed by atoms with Crippen LogP contribution in [0.3, 0.4) is 0 Å². The Morgan fingerprint density at radius 1 is 0.935 bits per heavy atom. The molecule has 1 amide bonds. The number of carbonyl (C=O) groups is 1. The first-order valence-electron chi connectivity index (χ1n) is 10.4. The van der Waals surface area contributed by atoms with Crippen molar-refractivity contribution in [2.75, 3.05) is 6.54 Å². The van der Waals surface area contributed by atoms with Gasteiger partial charge in [0.1, 0.15) is 0 Å². The molecule has 0 radical (unpaired) electrons. The van der Waals surface area contributed by atoms with Crippen molar-refractivity contribution in [3.63, 3.8) is 0 Å². The standard InChI is InChI=1S/C25H23F3N2O/c26-25(27,28)20-13-11-19(12-14-20)16-21-8-4-9-22(29-21)23-10-5-15-30(23)24(31)17-18-6-2-1-3-7-18/h1-4,6-9,11-14,23H,5,10,15-17H2. The fourth-order valence-corrected chi connectivity index (χ4v) is 4.05. The number of hydrogen-bond donors (Lipinski definition) is 0. The number of pyridine rings is 1. The maximum Gasteiger partial charge on any atom is 0.416 e. The van der Waals surface area contributed by atoms with Gasteiger partial charge in [-0.2, -0.15) is 13.2 Å².